The van der Waals surface area contributed by atoms with E-state index in [-0.39, 0.29) is 17.9 Å². The monoisotopic (exact) mass is 192 g/mol. The Morgan fingerprint density at radius 1 is 1.43 bits per heavy atom. The van der Waals surface area contributed by atoms with Crippen molar-refractivity contribution in [1.29, 1.82) is 5.26 Å². The highest BCUT2D eigenvalue weighted by Crippen LogP contribution is 2.26. The number of rotatable bonds is 3. The second kappa shape index (κ2) is 4.30. The van der Waals surface area contributed by atoms with Crippen molar-refractivity contribution in [3.63, 3.8) is 0 Å². The van der Waals surface area contributed by atoms with Crippen LogP contribution in [0.15, 0.2) is 16.5 Å². The van der Waals surface area contributed by atoms with Crippen molar-refractivity contribution in [3.05, 3.63) is 23.7 Å². The van der Waals surface area contributed by atoms with E-state index in [9.17, 15) is 0 Å². The van der Waals surface area contributed by atoms with Crippen molar-refractivity contribution in [3.8, 4) is 6.07 Å². The van der Waals surface area contributed by atoms with Gasteiger partial charge in [-0.2, -0.15) is 5.26 Å². The summed E-state index contributed by atoms with van der Waals surface area (Å²) in [6.07, 6.45) is 0. The van der Waals surface area contributed by atoms with Crippen LogP contribution in [-0.2, 0) is 0 Å². The molecular weight excluding hydrogens is 176 g/mol. The number of nitriles is 1. The summed E-state index contributed by atoms with van der Waals surface area (Å²) in [6.45, 7) is 5.85. The molecule has 0 aliphatic heterocycles. The number of furan rings is 1. The van der Waals surface area contributed by atoms with E-state index in [1.165, 1.54) is 0 Å². The maximum atomic E-state index is 8.96. The van der Waals surface area contributed by atoms with Crippen LogP contribution in [0.5, 0.6) is 0 Å². The molecule has 0 fully saturated rings. The molecule has 0 bridgehead atoms. The van der Waals surface area contributed by atoms with Crippen LogP contribution in [0.4, 0.5) is 0 Å². The lowest BCUT2D eigenvalue weighted by Gasteiger charge is -2.18. The third-order valence-electron chi connectivity index (χ3n) is 2.34. The summed E-state index contributed by atoms with van der Waals surface area (Å²) in [4.78, 5) is 0. The molecule has 14 heavy (non-hydrogen) atoms. The van der Waals surface area contributed by atoms with Crippen molar-refractivity contribution >= 4 is 0 Å². The SMILES string of the molecule is Cc1ccc(C(N)C(C#N)C(C)C)o1. The van der Waals surface area contributed by atoms with E-state index in [1.807, 2.05) is 32.9 Å². The average Bonchev–Trinajstić information content (AvgIpc) is 2.52. The third-order valence-corrected chi connectivity index (χ3v) is 2.34. The van der Waals surface area contributed by atoms with E-state index in [0.717, 1.165) is 5.76 Å². The summed E-state index contributed by atoms with van der Waals surface area (Å²) >= 11 is 0. The first-order chi connectivity index (χ1) is 6.56. The second-order valence-corrected chi connectivity index (χ2v) is 3.87. The molecular formula is C11H16N2O. The molecule has 0 amide bonds. The molecule has 0 aromatic carbocycles. The fourth-order valence-electron chi connectivity index (χ4n) is 1.45. The number of hydrogen-bond acceptors (Lipinski definition) is 3. The van der Waals surface area contributed by atoms with Gasteiger partial charge >= 0.3 is 0 Å². The standard InChI is InChI=1S/C11H16N2O/c1-7(2)9(6-12)11(13)10-5-4-8(3)14-10/h4-5,7,9,11H,13H2,1-3H3. The molecule has 1 aromatic heterocycles. The normalized spacial score (nSPS) is 15.1. The minimum atomic E-state index is -0.325. The Kier molecular flexibility index (Phi) is 3.32. The van der Waals surface area contributed by atoms with Crippen LogP contribution in [0.1, 0.15) is 31.4 Å². The zero-order chi connectivity index (χ0) is 10.7. The van der Waals surface area contributed by atoms with Crippen molar-refractivity contribution < 1.29 is 4.42 Å². The van der Waals surface area contributed by atoms with Gasteiger partial charge in [0.2, 0.25) is 0 Å². The minimum Gasteiger partial charge on any atom is -0.465 e. The van der Waals surface area contributed by atoms with Crippen molar-refractivity contribution in [2.45, 2.75) is 26.8 Å². The fraction of sp³-hybridized carbons (Fsp3) is 0.545. The lowest BCUT2D eigenvalue weighted by Crippen LogP contribution is -2.23. The van der Waals surface area contributed by atoms with E-state index < -0.39 is 0 Å². The van der Waals surface area contributed by atoms with Gasteiger partial charge in [0.25, 0.3) is 0 Å². The minimum absolute atomic E-state index is 0.194. The highest BCUT2D eigenvalue weighted by atomic mass is 16.3. The number of hydrogen-bond donors (Lipinski definition) is 1. The third kappa shape index (κ3) is 2.15. The maximum Gasteiger partial charge on any atom is 0.122 e. The van der Waals surface area contributed by atoms with E-state index in [0.29, 0.717) is 5.76 Å². The van der Waals surface area contributed by atoms with E-state index in [4.69, 9.17) is 15.4 Å². The highest BCUT2D eigenvalue weighted by Gasteiger charge is 2.24. The molecule has 0 aliphatic rings. The number of aryl methyl sites for hydroxylation is 1. The van der Waals surface area contributed by atoms with Crippen LogP contribution in [0.2, 0.25) is 0 Å². The van der Waals surface area contributed by atoms with Gasteiger partial charge in [-0.3, -0.25) is 0 Å². The topological polar surface area (TPSA) is 63.0 Å². The average molecular weight is 192 g/mol. The first-order valence-corrected chi connectivity index (χ1v) is 4.77. The molecule has 3 heteroatoms. The van der Waals surface area contributed by atoms with E-state index >= 15 is 0 Å². The molecule has 0 radical (unpaired) electrons. The quantitative estimate of drug-likeness (QED) is 0.799. The van der Waals surface area contributed by atoms with Gasteiger partial charge in [0, 0.05) is 0 Å². The van der Waals surface area contributed by atoms with Crippen LogP contribution in [0.3, 0.4) is 0 Å². The lowest BCUT2D eigenvalue weighted by atomic mass is 9.89. The van der Waals surface area contributed by atoms with Gasteiger partial charge in [-0.25, -0.2) is 0 Å². The van der Waals surface area contributed by atoms with E-state index in [2.05, 4.69) is 6.07 Å². The molecule has 76 valence electrons. The fourth-order valence-corrected chi connectivity index (χ4v) is 1.45. The van der Waals surface area contributed by atoms with Crippen molar-refractivity contribution in [1.82, 2.24) is 0 Å². The molecule has 2 unspecified atom stereocenters. The largest absolute Gasteiger partial charge is 0.465 e. The Morgan fingerprint density at radius 3 is 2.43 bits per heavy atom. The summed E-state index contributed by atoms with van der Waals surface area (Å²) in [6, 6.07) is 5.60. The Bertz CT molecular complexity index is 335. The summed E-state index contributed by atoms with van der Waals surface area (Å²) in [5.41, 5.74) is 5.95. The summed E-state index contributed by atoms with van der Waals surface area (Å²) in [5.74, 6) is 1.57. The smallest absolute Gasteiger partial charge is 0.122 e. The zero-order valence-corrected chi connectivity index (χ0v) is 8.82. The second-order valence-electron chi connectivity index (χ2n) is 3.87. The van der Waals surface area contributed by atoms with Crippen LogP contribution in [0, 0.1) is 30.1 Å². The van der Waals surface area contributed by atoms with Crippen LogP contribution in [-0.4, -0.2) is 0 Å². The van der Waals surface area contributed by atoms with Gasteiger partial charge in [0.05, 0.1) is 18.0 Å². The predicted molar refractivity (Wildman–Crippen MR) is 54.3 cm³/mol. The molecule has 3 nitrogen and oxygen atoms in total. The van der Waals surface area contributed by atoms with Crippen molar-refractivity contribution in [2.75, 3.05) is 0 Å². The number of nitrogens with two attached hydrogens (primary N) is 1. The predicted octanol–water partition coefficient (Wildman–Crippen LogP) is 2.38. The molecule has 0 saturated carbocycles. The lowest BCUT2D eigenvalue weighted by molar-refractivity contribution is 0.345. The van der Waals surface area contributed by atoms with Crippen LogP contribution in [0.25, 0.3) is 0 Å². The molecule has 2 N–H and O–H groups in total. The molecule has 0 aliphatic carbocycles. The Hall–Kier alpha value is -1.27. The summed E-state index contributed by atoms with van der Waals surface area (Å²) < 4.78 is 5.40. The molecule has 0 spiro atoms. The van der Waals surface area contributed by atoms with Crippen molar-refractivity contribution in [2.24, 2.45) is 17.6 Å². The van der Waals surface area contributed by atoms with Gasteiger partial charge in [-0.1, -0.05) is 13.8 Å². The van der Waals surface area contributed by atoms with E-state index in [1.54, 1.807) is 0 Å². The number of nitrogens with zero attached hydrogens (tertiary/aromatic N) is 1. The summed E-state index contributed by atoms with van der Waals surface area (Å²) in [5, 5.41) is 8.96. The maximum absolute atomic E-state index is 8.96. The molecule has 1 heterocycles. The first kappa shape index (κ1) is 10.8. The highest BCUT2D eigenvalue weighted by molar-refractivity contribution is 5.13. The molecule has 0 saturated heterocycles. The van der Waals surface area contributed by atoms with Gasteiger partial charge in [0.15, 0.2) is 0 Å². The Labute approximate surface area is 84.5 Å². The van der Waals surface area contributed by atoms with Gasteiger partial charge in [0.1, 0.15) is 11.5 Å². The van der Waals surface area contributed by atoms with Gasteiger partial charge in [-0.05, 0) is 25.0 Å². The van der Waals surface area contributed by atoms with Gasteiger partial charge < -0.3 is 10.2 Å². The van der Waals surface area contributed by atoms with Crippen LogP contribution >= 0.6 is 0 Å². The molecule has 1 rings (SSSR count). The first-order valence-electron chi connectivity index (χ1n) is 4.77. The zero-order valence-electron chi connectivity index (χ0n) is 8.82. The summed E-state index contributed by atoms with van der Waals surface area (Å²) in [7, 11) is 0. The Balaban J connectivity index is 2.84. The van der Waals surface area contributed by atoms with Crippen LogP contribution < -0.4 is 5.73 Å². The van der Waals surface area contributed by atoms with Gasteiger partial charge in [-0.15, -0.1) is 0 Å². The molecule has 1 aromatic rings. The Morgan fingerprint density at radius 2 is 2.07 bits per heavy atom. The molecule has 2 atom stereocenters.